The number of nitrogens with zero attached hydrogens (tertiary/aromatic N) is 3. The summed E-state index contributed by atoms with van der Waals surface area (Å²) in [6, 6.07) is 20.2. The van der Waals surface area contributed by atoms with Crippen LogP contribution in [0, 0.1) is 11.8 Å². The monoisotopic (exact) mass is 445 g/mol. The van der Waals surface area contributed by atoms with Crippen molar-refractivity contribution in [2.24, 2.45) is 11.8 Å². The largest absolute Gasteiger partial charge is 0.472 e. The molecule has 6 nitrogen and oxygen atoms in total. The molecule has 33 heavy (non-hydrogen) atoms. The van der Waals surface area contributed by atoms with Gasteiger partial charge >= 0.3 is 0 Å². The number of β-amino-alcohol motifs (C(OH)–C–C–N with tert-alkyl or cyclic N) is 1. The number of aromatic nitrogens is 2. The fraction of sp³-hybridized carbons (Fsp3) is 0.407. The maximum absolute atomic E-state index is 11.1. The van der Waals surface area contributed by atoms with Crippen molar-refractivity contribution in [3.63, 3.8) is 0 Å². The van der Waals surface area contributed by atoms with Crippen LogP contribution < -0.4 is 4.74 Å². The molecule has 1 aliphatic carbocycles. The van der Waals surface area contributed by atoms with Crippen molar-refractivity contribution >= 4 is 0 Å². The Morgan fingerprint density at radius 1 is 0.909 bits per heavy atom. The molecule has 2 N–H and O–H groups in total. The van der Waals surface area contributed by atoms with Gasteiger partial charge in [-0.15, -0.1) is 0 Å². The predicted octanol–water partition coefficient (Wildman–Crippen LogP) is 3.40. The van der Waals surface area contributed by atoms with E-state index in [2.05, 4.69) is 27.0 Å². The fourth-order valence-electron chi connectivity index (χ4n) is 5.47. The van der Waals surface area contributed by atoms with E-state index in [1.807, 2.05) is 48.5 Å². The molecule has 6 heteroatoms. The Bertz CT molecular complexity index is 1020. The first-order valence-corrected chi connectivity index (χ1v) is 11.7. The molecule has 0 spiro atoms. The van der Waals surface area contributed by atoms with Gasteiger partial charge < -0.3 is 14.9 Å². The first-order valence-electron chi connectivity index (χ1n) is 11.7. The summed E-state index contributed by atoms with van der Waals surface area (Å²) in [7, 11) is 0. The van der Waals surface area contributed by atoms with Crippen LogP contribution in [-0.4, -0.2) is 50.3 Å². The Morgan fingerprint density at radius 3 is 2.15 bits per heavy atom. The van der Waals surface area contributed by atoms with E-state index in [-0.39, 0.29) is 0 Å². The third-order valence-electron chi connectivity index (χ3n) is 6.96. The van der Waals surface area contributed by atoms with Crippen LogP contribution in [0.15, 0.2) is 73.1 Å². The van der Waals surface area contributed by atoms with Crippen LogP contribution in [-0.2, 0) is 13.0 Å². The highest BCUT2D eigenvalue weighted by atomic mass is 16.5. The molecule has 1 saturated heterocycles. The van der Waals surface area contributed by atoms with E-state index in [1.165, 1.54) is 5.56 Å². The molecule has 1 aliphatic heterocycles. The summed E-state index contributed by atoms with van der Waals surface area (Å²) in [5, 5.41) is 21.8. The van der Waals surface area contributed by atoms with E-state index in [0.29, 0.717) is 36.6 Å². The highest BCUT2D eigenvalue weighted by Gasteiger charge is 2.48. The number of rotatable bonds is 8. The molecule has 0 bridgehead atoms. The Hall–Kier alpha value is -2.80. The third kappa shape index (κ3) is 5.41. The molecule has 0 amide bonds. The molecule has 2 heterocycles. The zero-order valence-electron chi connectivity index (χ0n) is 18.8. The standard InChI is InChI=1S/C27H31N3O3/c31-25(24-14-29-26(15-28-24)33-19-21-9-5-2-6-10-21)18-30-16-22-12-27(32,13-23(22)17-30)11-20-7-3-1-4-8-20/h1-10,14-15,22-23,25,31-32H,11-13,16-19H2/t22-,23+,25?,27?. The summed E-state index contributed by atoms with van der Waals surface area (Å²) < 4.78 is 5.68. The topological polar surface area (TPSA) is 78.7 Å². The minimum Gasteiger partial charge on any atom is -0.472 e. The van der Waals surface area contributed by atoms with Crippen molar-refractivity contribution in [2.45, 2.75) is 37.6 Å². The van der Waals surface area contributed by atoms with E-state index in [1.54, 1.807) is 12.4 Å². The van der Waals surface area contributed by atoms with Crippen molar-refractivity contribution < 1.29 is 14.9 Å². The Balaban J connectivity index is 1.10. The van der Waals surface area contributed by atoms with Gasteiger partial charge in [0, 0.05) is 26.1 Å². The molecule has 2 fully saturated rings. The van der Waals surface area contributed by atoms with Gasteiger partial charge in [-0.05, 0) is 35.8 Å². The molecular formula is C27H31N3O3. The number of aliphatic hydroxyl groups is 2. The average Bonchev–Trinajstić information content (AvgIpc) is 3.33. The van der Waals surface area contributed by atoms with Crippen LogP contribution in [0.4, 0.5) is 0 Å². The van der Waals surface area contributed by atoms with Gasteiger partial charge in [0.25, 0.3) is 0 Å². The first-order chi connectivity index (χ1) is 16.1. The van der Waals surface area contributed by atoms with Crippen LogP contribution in [0.5, 0.6) is 5.88 Å². The number of ether oxygens (including phenoxy) is 1. The lowest BCUT2D eigenvalue weighted by Crippen LogP contribution is -2.33. The molecule has 0 radical (unpaired) electrons. The number of aliphatic hydroxyl groups excluding tert-OH is 1. The summed E-state index contributed by atoms with van der Waals surface area (Å²) >= 11 is 0. The molecule has 1 saturated carbocycles. The lowest BCUT2D eigenvalue weighted by molar-refractivity contribution is 0.0327. The third-order valence-corrected chi connectivity index (χ3v) is 6.96. The Labute approximate surface area is 194 Å². The van der Waals surface area contributed by atoms with Crippen LogP contribution in [0.3, 0.4) is 0 Å². The van der Waals surface area contributed by atoms with Crippen LogP contribution in [0.25, 0.3) is 0 Å². The first kappa shape index (κ1) is 22.0. The number of benzene rings is 2. The fourth-order valence-corrected chi connectivity index (χ4v) is 5.47. The molecule has 2 aromatic carbocycles. The predicted molar refractivity (Wildman–Crippen MR) is 126 cm³/mol. The Morgan fingerprint density at radius 2 is 1.55 bits per heavy atom. The maximum atomic E-state index is 11.1. The normalized spacial score (nSPS) is 25.6. The summed E-state index contributed by atoms with van der Waals surface area (Å²) in [5.74, 6) is 1.40. The van der Waals surface area contributed by atoms with Crippen molar-refractivity contribution in [3.05, 3.63) is 89.9 Å². The van der Waals surface area contributed by atoms with E-state index < -0.39 is 11.7 Å². The van der Waals surface area contributed by atoms with Gasteiger partial charge in [-0.3, -0.25) is 9.88 Å². The van der Waals surface area contributed by atoms with Gasteiger partial charge in [-0.1, -0.05) is 60.7 Å². The van der Waals surface area contributed by atoms with Crippen molar-refractivity contribution in [2.75, 3.05) is 19.6 Å². The molecule has 1 aromatic heterocycles. The maximum Gasteiger partial charge on any atom is 0.232 e. The van der Waals surface area contributed by atoms with Crippen LogP contribution >= 0.6 is 0 Å². The molecule has 5 rings (SSSR count). The van der Waals surface area contributed by atoms with E-state index in [9.17, 15) is 10.2 Å². The lowest BCUT2D eigenvalue weighted by Gasteiger charge is -2.26. The quantitative estimate of drug-likeness (QED) is 0.553. The van der Waals surface area contributed by atoms with Gasteiger partial charge in [0.15, 0.2) is 0 Å². The highest BCUT2D eigenvalue weighted by molar-refractivity contribution is 5.19. The van der Waals surface area contributed by atoms with Crippen molar-refractivity contribution in [3.8, 4) is 5.88 Å². The minimum atomic E-state index is -0.692. The van der Waals surface area contributed by atoms with E-state index in [4.69, 9.17) is 4.74 Å². The molecule has 4 atom stereocenters. The smallest absolute Gasteiger partial charge is 0.232 e. The summed E-state index contributed by atoms with van der Waals surface area (Å²) in [4.78, 5) is 11.0. The van der Waals surface area contributed by atoms with Gasteiger partial charge in [-0.25, -0.2) is 4.98 Å². The summed E-state index contributed by atoms with van der Waals surface area (Å²) in [6.45, 7) is 2.78. The summed E-state index contributed by atoms with van der Waals surface area (Å²) in [5.41, 5.74) is 2.21. The zero-order chi connectivity index (χ0) is 22.7. The van der Waals surface area contributed by atoms with Crippen molar-refractivity contribution in [1.29, 1.82) is 0 Å². The Kier molecular flexibility index (Phi) is 6.40. The highest BCUT2D eigenvalue weighted by Crippen LogP contribution is 2.45. The molecule has 3 aromatic rings. The average molecular weight is 446 g/mol. The molecule has 2 unspecified atom stereocenters. The van der Waals surface area contributed by atoms with Crippen molar-refractivity contribution in [1.82, 2.24) is 14.9 Å². The second kappa shape index (κ2) is 9.59. The van der Waals surface area contributed by atoms with E-state index in [0.717, 1.165) is 37.9 Å². The number of hydrogen-bond acceptors (Lipinski definition) is 6. The second-order valence-electron chi connectivity index (χ2n) is 9.60. The van der Waals surface area contributed by atoms with Gasteiger partial charge in [-0.2, -0.15) is 0 Å². The number of fused-ring (bicyclic) bond motifs is 1. The molecular weight excluding hydrogens is 414 g/mol. The number of likely N-dealkylation sites (tertiary alicyclic amines) is 1. The lowest BCUT2D eigenvalue weighted by atomic mass is 9.91. The second-order valence-corrected chi connectivity index (χ2v) is 9.60. The SMILES string of the molecule is OC(CN1C[C@@H]2CC(O)(Cc3ccccc3)C[C@@H]2C1)c1cnc(OCc2ccccc2)cn1. The minimum absolute atomic E-state index is 0.435. The van der Waals surface area contributed by atoms with Crippen LogP contribution in [0.2, 0.25) is 0 Å². The van der Waals surface area contributed by atoms with Gasteiger partial charge in [0.1, 0.15) is 12.7 Å². The van der Waals surface area contributed by atoms with E-state index >= 15 is 0 Å². The zero-order valence-corrected chi connectivity index (χ0v) is 18.8. The number of hydrogen-bond donors (Lipinski definition) is 2. The van der Waals surface area contributed by atoms with Gasteiger partial charge in [0.05, 0.1) is 23.7 Å². The molecule has 2 aliphatic rings. The van der Waals surface area contributed by atoms with Crippen LogP contribution in [0.1, 0.15) is 35.8 Å². The summed E-state index contributed by atoms with van der Waals surface area (Å²) in [6.07, 6.45) is 4.85. The molecule has 172 valence electrons. The van der Waals surface area contributed by atoms with Gasteiger partial charge in [0.2, 0.25) is 5.88 Å².